The Morgan fingerprint density at radius 1 is 0.610 bits per heavy atom. The summed E-state index contributed by atoms with van der Waals surface area (Å²) in [6.45, 7) is 3.81. The van der Waals surface area contributed by atoms with Crippen molar-refractivity contribution < 1.29 is 57.2 Å². The Bertz CT molecular complexity index is 1020. The summed E-state index contributed by atoms with van der Waals surface area (Å²) in [5.41, 5.74) is 0.487. The van der Waals surface area contributed by atoms with Crippen LogP contribution in [0.25, 0.3) is 0 Å². The minimum absolute atomic E-state index is 0.0533. The lowest BCUT2D eigenvalue weighted by Crippen LogP contribution is -2.32. The van der Waals surface area contributed by atoms with E-state index in [-0.39, 0.29) is 44.3 Å². The Balaban J connectivity index is 1.03. The van der Waals surface area contributed by atoms with Gasteiger partial charge in [-0.1, -0.05) is 0 Å². The molecule has 1 aromatic rings. The molecule has 14 nitrogen and oxygen atoms in total. The summed E-state index contributed by atoms with van der Waals surface area (Å²) in [6.07, 6.45) is 2.49. The van der Waals surface area contributed by atoms with E-state index in [1.165, 1.54) is 12.2 Å². The Kier molecular flexibility index (Phi) is 13.9. The number of imide groups is 2. The number of hydroxylamine groups is 2. The molecule has 2 heterocycles. The topological polar surface area (TPSA) is 156 Å². The second-order valence-corrected chi connectivity index (χ2v) is 8.54. The van der Waals surface area contributed by atoms with Gasteiger partial charge in [-0.05, 0) is 24.3 Å². The van der Waals surface area contributed by atoms with E-state index < -0.39 is 17.8 Å². The van der Waals surface area contributed by atoms with Gasteiger partial charge < -0.3 is 33.3 Å². The highest BCUT2D eigenvalue weighted by molar-refractivity contribution is 6.28. The molecule has 3 rings (SSSR count). The van der Waals surface area contributed by atoms with Crippen LogP contribution in [0, 0.1) is 0 Å². The van der Waals surface area contributed by atoms with E-state index in [9.17, 15) is 24.0 Å². The van der Waals surface area contributed by atoms with Crippen LogP contribution in [-0.2, 0) is 52.5 Å². The predicted octanol–water partition coefficient (Wildman–Crippen LogP) is 0.575. The molecule has 1 aromatic carbocycles. The minimum atomic E-state index is -0.708. The van der Waals surface area contributed by atoms with E-state index in [1.54, 1.807) is 24.3 Å². The van der Waals surface area contributed by atoms with Crippen LogP contribution in [0.15, 0.2) is 36.4 Å². The van der Waals surface area contributed by atoms with E-state index >= 15 is 0 Å². The fourth-order valence-electron chi connectivity index (χ4n) is 3.51. The van der Waals surface area contributed by atoms with Crippen LogP contribution in [0.4, 0.5) is 5.69 Å². The van der Waals surface area contributed by atoms with Crippen molar-refractivity contribution in [2.45, 2.75) is 19.3 Å². The van der Waals surface area contributed by atoms with Crippen LogP contribution in [0.3, 0.4) is 0 Å². The van der Waals surface area contributed by atoms with Gasteiger partial charge in [0, 0.05) is 25.0 Å². The van der Waals surface area contributed by atoms with Crippen LogP contribution in [-0.4, -0.2) is 107 Å². The van der Waals surface area contributed by atoms with Gasteiger partial charge in [-0.25, -0.2) is 9.69 Å². The zero-order valence-electron chi connectivity index (χ0n) is 22.7. The average molecular weight is 579 g/mol. The number of rotatable bonds is 21. The molecule has 0 atom stereocenters. The Morgan fingerprint density at radius 3 is 1.54 bits per heavy atom. The first-order valence-electron chi connectivity index (χ1n) is 13.2. The smallest absolute Gasteiger partial charge is 0.335 e. The van der Waals surface area contributed by atoms with Crippen molar-refractivity contribution in [1.29, 1.82) is 0 Å². The van der Waals surface area contributed by atoms with Crippen molar-refractivity contribution in [3.8, 4) is 5.75 Å². The maximum atomic E-state index is 11.7. The molecule has 0 N–H and O–H groups in total. The lowest BCUT2D eigenvalue weighted by molar-refractivity contribution is -0.198. The lowest BCUT2D eigenvalue weighted by Gasteiger charge is -2.14. The molecule has 0 aliphatic carbocycles. The third-order valence-electron chi connectivity index (χ3n) is 5.54. The van der Waals surface area contributed by atoms with Crippen LogP contribution < -0.4 is 9.64 Å². The van der Waals surface area contributed by atoms with E-state index in [4.69, 9.17) is 33.3 Å². The van der Waals surface area contributed by atoms with E-state index in [0.29, 0.717) is 76.0 Å². The third-order valence-corrected chi connectivity index (χ3v) is 5.54. The van der Waals surface area contributed by atoms with Crippen LogP contribution >= 0.6 is 0 Å². The predicted molar refractivity (Wildman–Crippen MR) is 139 cm³/mol. The van der Waals surface area contributed by atoms with Gasteiger partial charge in [-0.2, -0.15) is 0 Å². The van der Waals surface area contributed by atoms with Gasteiger partial charge in [-0.3, -0.25) is 19.2 Å². The number of carbonyl (C=O) groups excluding carboxylic acids is 5. The maximum absolute atomic E-state index is 11.7. The van der Waals surface area contributed by atoms with E-state index in [1.807, 2.05) is 0 Å². The zero-order chi connectivity index (χ0) is 29.3. The summed E-state index contributed by atoms with van der Waals surface area (Å²) < 4.78 is 32.5. The number of carbonyl (C=O) groups is 5. The summed E-state index contributed by atoms with van der Waals surface area (Å²) in [4.78, 5) is 63.6. The van der Waals surface area contributed by atoms with Crippen molar-refractivity contribution >= 4 is 35.3 Å². The summed E-state index contributed by atoms with van der Waals surface area (Å²) in [5, 5.41) is 0.511. The van der Waals surface area contributed by atoms with Crippen molar-refractivity contribution in [2.24, 2.45) is 0 Å². The molecular formula is C27H34N2O12. The highest BCUT2D eigenvalue weighted by Gasteiger charge is 2.32. The van der Waals surface area contributed by atoms with Crippen molar-refractivity contribution in [2.75, 3.05) is 77.6 Å². The van der Waals surface area contributed by atoms with Crippen LogP contribution in [0.5, 0.6) is 5.75 Å². The molecule has 0 aromatic heterocycles. The molecule has 0 bridgehead atoms. The molecule has 14 heteroatoms. The first kappa shape index (κ1) is 31.8. The number of amides is 4. The molecule has 4 amide bonds. The largest absolute Gasteiger partial charge is 0.491 e. The molecule has 2 aliphatic rings. The van der Waals surface area contributed by atoms with Gasteiger partial charge in [-0.15, -0.1) is 5.06 Å². The molecule has 41 heavy (non-hydrogen) atoms. The molecule has 0 radical (unpaired) electrons. The van der Waals surface area contributed by atoms with Crippen molar-refractivity contribution in [1.82, 2.24) is 5.06 Å². The van der Waals surface area contributed by atoms with Gasteiger partial charge in [0.05, 0.1) is 78.2 Å². The van der Waals surface area contributed by atoms with E-state index in [2.05, 4.69) is 0 Å². The summed E-state index contributed by atoms with van der Waals surface area (Å²) in [6, 6.07) is 6.66. The number of nitrogens with zero attached hydrogens (tertiary/aromatic N) is 2. The number of anilines is 1. The number of ether oxygens (including phenoxy) is 6. The maximum Gasteiger partial charge on any atom is 0.335 e. The van der Waals surface area contributed by atoms with Crippen LogP contribution in [0.2, 0.25) is 0 Å². The number of hydrogen-bond donors (Lipinski definition) is 0. The molecule has 0 spiro atoms. The average Bonchev–Trinajstić information content (AvgIpc) is 3.47. The number of benzene rings is 1. The fourth-order valence-corrected chi connectivity index (χ4v) is 3.51. The van der Waals surface area contributed by atoms with Gasteiger partial charge in [0.25, 0.3) is 23.6 Å². The Labute approximate surface area is 236 Å². The molecule has 2 aliphatic heterocycles. The highest BCUT2D eigenvalue weighted by atomic mass is 16.7. The highest BCUT2D eigenvalue weighted by Crippen LogP contribution is 2.22. The molecule has 0 saturated carbocycles. The minimum Gasteiger partial charge on any atom is -0.491 e. The normalized spacial score (nSPS) is 14.9. The molecular weight excluding hydrogens is 544 g/mol. The molecule has 1 fully saturated rings. The summed E-state index contributed by atoms with van der Waals surface area (Å²) in [5.74, 6) is -1.87. The Morgan fingerprint density at radius 2 is 1.05 bits per heavy atom. The first-order valence-corrected chi connectivity index (χ1v) is 13.2. The van der Waals surface area contributed by atoms with Crippen molar-refractivity contribution in [3.05, 3.63) is 36.4 Å². The second kappa shape index (κ2) is 17.9. The molecule has 0 unspecified atom stereocenters. The number of hydrogen-bond acceptors (Lipinski definition) is 12. The third kappa shape index (κ3) is 11.4. The van der Waals surface area contributed by atoms with Gasteiger partial charge >= 0.3 is 5.97 Å². The summed E-state index contributed by atoms with van der Waals surface area (Å²) in [7, 11) is 0. The fraction of sp³-hybridized carbons (Fsp3) is 0.519. The van der Waals surface area contributed by atoms with Crippen LogP contribution in [0.1, 0.15) is 19.3 Å². The van der Waals surface area contributed by atoms with Crippen molar-refractivity contribution in [3.63, 3.8) is 0 Å². The molecule has 1 saturated heterocycles. The van der Waals surface area contributed by atoms with Gasteiger partial charge in [0.1, 0.15) is 12.4 Å². The van der Waals surface area contributed by atoms with E-state index in [0.717, 1.165) is 4.90 Å². The van der Waals surface area contributed by atoms with Gasteiger partial charge in [0.15, 0.2) is 0 Å². The van der Waals surface area contributed by atoms with Gasteiger partial charge in [0.2, 0.25) is 0 Å². The lowest BCUT2D eigenvalue weighted by atomic mass is 10.3. The molecule has 224 valence electrons. The monoisotopic (exact) mass is 578 g/mol. The standard InChI is InChI=1S/C27H34N2O12/c30-23-5-6-24(31)28(23)21-1-3-22(4-2-21)40-20-19-39-18-17-38-16-15-37-14-13-36-12-11-35-10-9-27(34)41-29-25(32)7-8-26(29)33/h1-6H,7-20H2. The zero-order valence-corrected chi connectivity index (χ0v) is 22.7. The SMILES string of the molecule is O=C(CCOCCOCCOCCOCCOCCOc1ccc(N2C(=O)C=CC2=O)cc1)ON1C(=O)CCC1=O. The Hall–Kier alpha value is -3.69. The summed E-state index contributed by atoms with van der Waals surface area (Å²) >= 11 is 0. The first-order chi connectivity index (χ1) is 20.0. The second-order valence-electron chi connectivity index (χ2n) is 8.54. The quantitative estimate of drug-likeness (QED) is 0.148.